The van der Waals surface area contributed by atoms with Gasteiger partial charge in [0.15, 0.2) is 0 Å². The molecular weight excluding hydrogens is 218 g/mol. The molecule has 1 aromatic rings. The topological polar surface area (TPSA) is 12.9 Å². The summed E-state index contributed by atoms with van der Waals surface area (Å²) >= 11 is 6.16. The number of halogens is 1. The van der Waals surface area contributed by atoms with Crippen molar-refractivity contribution in [2.24, 2.45) is 0 Å². The zero-order valence-corrected chi connectivity index (χ0v) is 10.1. The van der Waals surface area contributed by atoms with Crippen molar-refractivity contribution in [1.29, 1.82) is 0 Å². The van der Waals surface area contributed by atoms with E-state index in [0.717, 1.165) is 12.8 Å². The Kier molecular flexibility index (Phi) is 2.72. The molecule has 3 rings (SSSR count). The minimum absolute atomic E-state index is 0.254. The molecule has 0 radical (unpaired) electrons. The van der Waals surface area contributed by atoms with Gasteiger partial charge in [0.05, 0.1) is 11.1 Å². The van der Waals surface area contributed by atoms with Gasteiger partial charge in [-0.05, 0) is 43.7 Å². The van der Waals surface area contributed by atoms with Gasteiger partial charge in [-0.25, -0.2) is 0 Å². The summed E-state index contributed by atoms with van der Waals surface area (Å²) in [4.78, 5) is 4.59. The molecular formula is C14H16ClN. The van der Waals surface area contributed by atoms with E-state index < -0.39 is 0 Å². The molecule has 16 heavy (non-hydrogen) atoms. The minimum atomic E-state index is 0.254. The van der Waals surface area contributed by atoms with Crippen molar-refractivity contribution in [3.8, 4) is 0 Å². The number of aromatic nitrogens is 1. The van der Waals surface area contributed by atoms with E-state index in [4.69, 9.17) is 11.6 Å². The van der Waals surface area contributed by atoms with Crippen molar-refractivity contribution in [1.82, 2.24) is 4.98 Å². The van der Waals surface area contributed by atoms with Crippen LogP contribution in [0.25, 0.3) is 0 Å². The van der Waals surface area contributed by atoms with E-state index in [9.17, 15) is 0 Å². The standard InChI is InChI=1S/C14H16ClN/c15-12-7-6-11(9-12)13-5-1-3-10-4-2-8-16-14(10)13/h2,4,8-9,12-13H,1,3,5-7H2. The summed E-state index contributed by atoms with van der Waals surface area (Å²) in [5.41, 5.74) is 4.28. The number of aryl methyl sites for hydroxylation is 1. The fourth-order valence-electron chi connectivity index (χ4n) is 2.96. The van der Waals surface area contributed by atoms with Gasteiger partial charge in [-0.15, -0.1) is 11.6 Å². The van der Waals surface area contributed by atoms with Crippen LogP contribution in [0.3, 0.4) is 0 Å². The third kappa shape index (κ3) is 1.78. The molecule has 0 amide bonds. The largest absolute Gasteiger partial charge is 0.260 e. The lowest BCUT2D eigenvalue weighted by Gasteiger charge is -2.25. The first-order chi connectivity index (χ1) is 7.84. The van der Waals surface area contributed by atoms with Crippen LogP contribution in [0.5, 0.6) is 0 Å². The summed E-state index contributed by atoms with van der Waals surface area (Å²) in [5.74, 6) is 0.550. The van der Waals surface area contributed by atoms with Crippen molar-refractivity contribution in [3.63, 3.8) is 0 Å². The zero-order chi connectivity index (χ0) is 11.0. The van der Waals surface area contributed by atoms with Gasteiger partial charge >= 0.3 is 0 Å². The van der Waals surface area contributed by atoms with Crippen LogP contribution in [0.2, 0.25) is 0 Å². The highest BCUT2D eigenvalue weighted by molar-refractivity contribution is 6.22. The molecule has 1 aromatic heterocycles. The average molecular weight is 234 g/mol. The molecule has 2 heteroatoms. The Morgan fingerprint density at radius 1 is 1.25 bits per heavy atom. The van der Waals surface area contributed by atoms with Gasteiger partial charge in [-0.3, -0.25) is 4.98 Å². The van der Waals surface area contributed by atoms with E-state index in [1.807, 2.05) is 6.20 Å². The molecule has 1 heterocycles. The Hall–Kier alpha value is -0.820. The normalized spacial score (nSPS) is 28.7. The van der Waals surface area contributed by atoms with E-state index in [-0.39, 0.29) is 5.38 Å². The molecule has 2 unspecified atom stereocenters. The second-order valence-electron chi connectivity index (χ2n) is 4.79. The van der Waals surface area contributed by atoms with Gasteiger partial charge < -0.3 is 0 Å². The summed E-state index contributed by atoms with van der Waals surface area (Å²) in [6, 6.07) is 4.27. The Bertz CT molecular complexity index is 424. The SMILES string of the molecule is ClC1C=C(C2CCCc3cccnc32)CC1. The van der Waals surface area contributed by atoms with Crippen LogP contribution in [0.1, 0.15) is 42.9 Å². The maximum atomic E-state index is 6.16. The number of hydrogen-bond acceptors (Lipinski definition) is 1. The van der Waals surface area contributed by atoms with E-state index in [0.29, 0.717) is 5.92 Å². The fraction of sp³-hybridized carbons (Fsp3) is 0.500. The van der Waals surface area contributed by atoms with Crippen molar-refractivity contribution in [2.75, 3.05) is 0 Å². The molecule has 0 fully saturated rings. The molecule has 0 aliphatic heterocycles. The van der Waals surface area contributed by atoms with E-state index in [2.05, 4.69) is 23.2 Å². The van der Waals surface area contributed by atoms with Gasteiger partial charge in [-0.2, -0.15) is 0 Å². The minimum Gasteiger partial charge on any atom is -0.260 e. The summed E-state index contributed by atoms with van der Waals surface area (Å²) < 4.78 is 0. The van der Waals surface area contributed by atoms with Gasteiger partial charge in [0.1, 0.15) is 0 Å². The molecule has 2 aliphatic carbocycles. The Morgan fingerprint density at radius 2 is 2.19 bits per heavy atom. The second kappa shape index (κ2) is 4.21. The molecule has 0 aromatic carbocycles. The number of pyridine rings is 1. The van der Waals surface area contributed by atoms with Crippen molar-refractivity contribution in [2.45, 2.75) is 43.4 Å². The lowest BCUT2D eigenvalue weighted by Crippen LogP contribution is -2.13. The molecule has 0 bridgehead atoms. The first-order valence-electron chi connectivity index (χ1n) is 6.13. The number of hydrogen-bond donors (Lipinski definition) is 0. The maximum absolute atomic E-state index is 6.16. The average Bonchev–Trinajstić information content (AvgIpc) is 2.75. The molecule has 2 aliphatic rings. The molecule has 0 spiro atoms. The molecule has 0 saturated carbocycles. The molecule has 0 saturated heterocycles. The third-order valence-electron chi connectivity index (χ3n) is 3.75. The summed E-state index contributed by atoms with van der Waals surface area (Å²) in [5, 5.41) is 0.254. The van der Waals surface area contributed by atoms with E-state index in [1.165, 1.54) is 36.1 Å². The van der Waals surface area contributed by atoms with Crippen LogP contribution in [0.15, 0.2) is 30.0 Å². The zero-order valence-electron chi connectivity index (χ0n) is 9.32. The predicted octanol–water partition coefficient (Wildman–Crippen LogP) is 3.83. The van der Waals surface area contributed by atoms with Crippen LogP contribution < -0.4 is 0 Å². The highest BCUT2D eigenvalue weighted by Gasteiger charge is 2.27. The van der Waals surface area contributed by atoms with Crippen LogP contribution in [0, 0.1) is 0 Å². The first-order valence-corrected chi connectivity index (χ1v) is 6.56. The predicted molar refractivity (Wildman–Crippen MR) is 66.9 cm³/mol. The van der Waals surface area contributed by atoms with Crippen molar-refractivity contribution in [3.05, 3.63) is 41.2 Å². The van der Waals surface area contributed by atoms with Crippen LogP contribution in [-0.2, 0) is 6.42 Å². The highest BCUT2D eigenvalue weighted by Crippen LogP contribution is 2.40. The van der Waals surface area contributed by atoms with Gasteiger partial charge in [0.25, 0.3) is 0 Å². The van der Waals surface area contributed by atoms with Crippen LogP contribution >= 0.6 is 11.6 Å². The van der Waals surface area contributed by atoms with E-state index >= 15 is 0 Å². The van der Waals surface area contributed by atoms with Gasteiger partial charge in [0.2, 0.25) is 0 Å². The number of rotatable bonds is 1. The lowest BCUT2D eigenvalue weighted by molar-refractivity contribution is 0.580. The Labute approximate surface area is 102 Å². The van der Waals surface area contributed by atoms with Crippen molar-refractivity contribution >= 4 is 11.6 Å². The smallest absolute Gasteiger partial charge is 0.0521 e. The maximum Gasteiger partial charge on any atom is 0.0521 e. The molecule has 2 atom stereocenters. The quantitative estimate of drug-likeness (QED) is 0.531. The fourth-order valence-corrected chi connectivity index (χ4v) is 3.24. The molecule has 1 nitrogen and oxygen atoms in total. The highest BCUT2D eigenvalue weighted by atomic mass is 35.5. The Morgan fingerprint density at radius 3 is 3.00 bits per heavy atom. The van der Waals surface area contributed by atoms with Crippen LogP contribution in [0.4, 0.5) is 0 Å². The summed E-state index contributed by atoms with van der Waals surface area (Å²) in [6.45, 7) is 0. The summed E-state index contributed by atoms with van der Waals surface area (Å²) in [6.07, 6.45) is 10.2. The van der Waals surface area contributed by atoms with Crippen LogP contribution in [-0.4, -0.2) is 10.4 Å². The summed E-state index contributed by atoms with van der Waals surface area (Å²) in [7, 11) is 0. The van der Waals surface area contributed by atoms with Gasteiger partial charge in [0, 0.05) is 12.1 Å². The second-order valence-corrected chi connectivity index (χ2v) is 5.35. The number of fused-ring (bicyclic) bond motifs is 1. The number of allylic oxidation sites excluding steroid dienone is 2. The first kappa shape index (κ1) is 10.3. The Balaban J connectivity index is 1.96. The number of alkyl halides is 1. The third-order valence-corrected chi connectivity index (χ3v) is 4.09. The monoisotopic (exact) mass is 233 g/mol. The lowest BCUT2D eigenvalue weighted by atomic mass is 9.81. The van der Waals surface area contributed by atoms with Crippen molar-refractivity contribution < 1.29 is 0 Å². The van der Waals surface area contributed by atoms with E-state index in [1.54, 1.807) is 0 Å². The molecule has 0 N–H and O–H groups in total. The molecule has 84 valence electrons. The van der Waals surface area contributed by atoms with Gasteiger partial charge in [-0.1, -0.05) is 17.7 Å². The number of nitrogens with zero attached hydrogens (tertiary/aromatic N) is 1.